The van der Waals surface area contributed by atoms with Crippen molar-refractivity contribution in [1.29, 1.82) is 0 Å². The lowest BCUT2D eigenvalue weighted by molar-refractivity contribution is 0.0958. The number of hydrazine groups is 1. The van der Waals surface area contributed by atoms with Gasteiger partial charge in [0.05, 0.1) is 5.56 Å². The number of aromatic nitrogens is 2. The highest BCUT2D eigenvalue weighted by molar-refractivity contribution is 5.95. The van der Waals surface area contributed by atoms with Gasteiger partial charge in [-0.25, -0.2) is 14.4 Å². The fraction of sp³-hybridized carbons (Fsp3) is 0.214. The summed E-state index contributed by atoms with van der Waals surface area (Å²) < 4.78 is 13.5. The lowest BCUT2D eigenvalue weighted by Crippen LogP contribution is -2.31. The van der Waals surface area contributed by atoms with Gasteiger partial charge in [-0.1, -0.05) is 12.1 Å². The van der Waals surface area contributed by atoms with Gasteiger partial charge in [-0.3, -0.25) is 15.6 Å². The third-order valence-corrected chi connectivity index (χ3v) is 2.72. The Bertz CT molecular complexity index is 676. The first-order valence-corrected chi connectivity index (χ1v) is 6.67. The summed E-state index contributed by atoms with van der Waals surface area (Å²) in [6.45, 7) is 3.88. The Labute approximate surface area is 127 Å². The average molecular weight is 304 g/mol. The van der Waals surface area contributed by atoms with Crippen molar-refractivity contribution in [3.8, 4) is 0 Å². The first kappa shape index (κ1) is 15.5. The molecule has 0 spiro atoms. The average Bonchev–Trinajstić information content (AvgIpc) is 2.48. The molecule has 0 radical (unpaired) electrons. The first-order chi connectivity index (χ1) is 10.5. The fourth-order valence-corrected chi connectivity index (χ4v) is 1.71. The molecular formula is C14H17FN6O. The van der Waals surface area contributed by atoms with E-state index in [9.17, 15) is 9.18 Å². The molecular weight excluding hydrogens is 287 g/mol. The van der Waals surface area contributed by atoms with E-state index in [2.05, 4.69) is 26.1 Å². The van der Waals surface area contributed by atoms with Gasteiger partial charge in [0.1, 0.15) is 17.8 Å². The molecule has 1 aromatic carbocycles. The van der Waals surface area contributed by atoms with Crippen LogP contribution in [0.1, 0.15) is 24.2 Å². The molecule has 5 N–H and O–H groups in total. The summed E-state index contributed by atoms with van der Waals surface area (Å²) in [5.74, 6) is -0.565. The second kappa shape index (κ2) is 6.70. The number of nitrogen functional groups attached to an aromatic ring is 1. The smallest absolute Gasteiger partial charge is 0.272 e. The maximum atomic E-state index is 13.5. The highest BCUT2D eigenvalue weighted by Gasteiger charge is 2.13. The molecule has 7 nitrogen and oxygen atoms in total. The van der Waals surface area contributed by atoms with E-state index in [0.717, 1.165) is 0 Å². The molecule has 0 saturated heterocycles. The molecule has 1 amide bonds. The van der Waals surface area contributed by atoms with Crippen molar-refractivity contribution in [3.05, 3.63) is 42.0 Å². The van der Waals surface area contributed by atoms with E-state index in [-0.39, 0.29) is 23.1 Å². The second-order valence-corrected chi connectivity index (χ2v) is 4.84. The molecule has 0 aliphatic carbocycles. The Morgan fingerprint density at radius 3 is 2.59 bits per heavy atom. The Kier molecular flexibility index (Phi) is 4.72. The van der Waals surface area contributed by atoms with Crippen LogP contribution in [0, 0.1) is 5.82 Å². The van der Waals surface area contributed by atoms with Crippen molar-refractivity contribution in [2.75, 3.05) is 16.5 Å². The van der Waals surface area contributed by atoms with Gasteiger partial charge >= 0.3 is 0 Å². The number of nitrogens with zero attached hydrogens (tertiary/aromatic N) is 2. The zero-order chi connectivity index (χ0) is 16.1. The zero-order valence-electron chi connectivity index (χ0n) is 12.2. The Morgan fingerprint density at radius 2 is 1.91 bits per heavy atom. The number of hydrogen-bond acceptors (Lipinski definition) is 6. The number of rotatable bonds is 5. The van der Waals surface area contributed by atoms with Gasteiger partial charge < -0.3 is 11.1 Å². The van der Waals surface area contributed by atoms with Gasteiger partial charge in [0.2, 0.25) is 0 Å². The van der Waals surface area contributed by atoms with Gasteiger partial charge in [-0.05, 0) is 26.0 Å². The summed E-state index contributed by atoms with van der Waals surface area (Å²) >= 11 is 0. The number of hydrogen-bond donors (Lipinski definition) is 4. The molecule has 0 fully saturated rings. The highest BCUT2D eigenvalue weighted by atomic mass is 19.1. The molecule has 0 saturated carbocycles. The number of nitrogens with two attached hydrogens (primary N) is 1. The van der Waals surface area contributed by atoms with Crippen LogP contribution in [0.2, 0.25) is 0 Å². The van der Waals surface area contributed by atoms with E-state index in [4.69, 9.17) is 5.73 Å². The van der Waals surface area contributed by atoms with Crippen LogP contribution in [0.4, 0.5) is 21.7 Å². The lowest BCUT2D eigenvalue weighted by atomic mass is 10.2. The summed E-state index contributed by atoms with van der Waals surface area (Å²) in [7, 11) is 0. The molecule has 8 heteroatoms. The van der Waals surface area contributed by atoms with Gasteiger partial charge in [0.15, 0.2) is 11.6 Å². The van der Waals surface area contributed by atoms with Crippen molar-refractivity contribution in [3.63, 3.8) is 0 Å². The molecule has 2 rings (SSSR count). The van der Waals surface area contributed by atoms with Crippen LogP contribution in [0.5, 0.6) is 0 Å². The van der Waals surface area contributed by atoms with Crippen LogP contribution in [0.15, 0.2) is 30.6 Å². The van der Waals surface area contributed by atoms with Crippen molar-refractivity contribution >= 4 is 23.2 Å². The first-order valence-electron chi connectivity index (χ1n) is 6.67. The molecule has 0 bridgehead atoms. The number of carbonyl (C=O) groups is 1. The highest BCUT2D eigenvalue weighted by Crippen LogP contribution is 2.22. The summed E-state index contributed by atoms with van der Waals surface area (Å²) in [6, 6.07) is 5.80. The van der Waals surface area contributed by atoms with Crippen LogP contribution in [-0.2, 0) is 0 Å². The summed E-state index contributed by atoms with van der Waals surface area (Å²) in [6.07, 6.45) is 1.30. The number of amides is 1. The van der Waals surface area contributed by atoms with E-state index < -0.39 is 11.7 Å². The number of anilines is 3. The van der Waals surface area contributed by atoms with Gasteiger partial charge in [0.25, 0.3) is 5.91 Å². The minimum absolute atomic E-state index is 0.0804. The van der Waals surface area contributed by atoms with Crippen LogP contribution in [-0.4, -0.2) is 21.9 Å². The van der Waals surface area contributed by atoms with Crippen molar-refractivity contribution in [2.24, 2.45) is 0 Å². The van der Waals surface area contributed by atoms with Crippen molar-refractivity contribution in [2.45, 2.75) is 19.9 Å². The molecule has 0 aliphatic heterocycles. The quantitative estimate of drug-likeness (QED) is 0.628. The van der Waals surface area contributed by atoms with E-state index in [1.807, 2.05) is 13.8 Å². The van der Waals surface area contributed by atoms with E-state index in [0.29, 0.717) is 5.82 Å². The molecule has 0 atom stereocenters. The molecule has 22 heavy (non-hydrogen) atoms. The third kappa shape index (κ3) is 3.60. The van der Waals surface area contributed by atoms with Crippen LogP contribution in [0.3, 0.4) is 0 Å². The van der Waals surface area contributed by atoms with E-state index in [1.54, 1.807) is 6.07 Å². The predicted octanol–water partition coefficient (Wildman–Crippen LogP) is 1.78. The molecule has 0 unspecified atom stereocenters. The maximum Gasteiger partial charge on any atom is 0.272 e. The molecule has 0 aliphatic rings. The van der Waals surface area contributed by atoms with Crippen LogP contribution >= 0.6 is 0 Å². The maximum absolute atomic E-state index is 13.5. The van der Waals surface area contributed by atoms with Gasteiger partial charge in [0, 0.05) is 6.04 Å². The fourth-order valence-electron chi connectivity index (χ4n) is 1.71. The largest absolute Gasteiger partial charge is 0.393 e. The monoisotopic (exact) mass is 304 g/mol. The lowest BCUT2D eigenvalue weighted by Gasteiger charge is -2.14. The normalized spacial score (nSPS) is 10.4. The van der Waals surface area contributed by atoms with Crippen LogP contribution < -0.4 is 21.9 Å². The Hall–Kier alpha value is -2.90. The van der Waals surface area contributed by atoms with Gasteiger partial charge in [-0.15, -0.1) is 0 Å². The SMILES string of the molecule is CC(C)Nc1ncnc(NNC(=O)c2ccccc2F)c1N. The minimum Gasteiger partial charge on any atom is -0.393 e. The van der Waals surface area contributed by atoms with Gasteiger partial charge in [-0.2, -0.15) is 0 Å². The standard InChI is InChI=1S/C14H17FN6O/c1-8(2)19-12-11(16)13(18-7-17-12)20-21-14(22)9-5-3-4-6-10(9)15/h3-8H,16H2,1-2H3,(H,21,22)(H2,17,18,19,20). The summed E-state index contributed by atoms with van der Waals surface area (Å²) in [5.41, 5.74) is 11.0. The summed E-state index contributed by atoms with van der Waals surface area (Å²) in [5, 5.41) is 3.05. The second-order valence-electron chi connectivity index (χ2n) is 4.84. The van der Waals surface area contributed by atoms with Crippen molar-refractivity contribution < 1.29 is 9.18 Å². The summed E-state index contributed by atoms with van der Waals surface area (Å²) in [4.78, 5) is 19.9. The molecule has 1 heterocycles. The molecule has 2 aromatic rings. The third-order valence-electron chi connectivity index (χ3n) is 2.72. The Balaban J connectivity index is 2.09. The number of nitrogens with one attached hydrogen (secondary N) is 3. The number of benzene rings is 1. The van der Waals surface area contributed by atoms with Crippen molar-refractivity contribution in [1.82, 2.24) is 15.4 Å². The molecule has 116 valence electrons. The predicted molar refractivity (Wildman–Crippen MR) is 82.7 cm³/mol. The van der Waals surface area contributed by atoms with Crippen LogP contribution in [0.25, 0.3) is 0 Å². The topological polar surface area (TPSA) is 105 Å². The number of carbonyl (C=O) groups excluding carboxylic acids is 1. The molecule has 1 aromatic heterocycles. The van der Waals surface area contributed by atoms with E-state index in [1.165, 1.54) is 24.5 Å². The zero-order valence-corrected chi connectivity index (χ0v) is 12.2. The Morgan fingerprint density at radius 1 is 1.23 bits per heavy atom. The number of halogens is 1. The minimum atomic E-state index is -0.630. The van der Waals surface area contributed by atoms with E-state index >= 15 is 0 Å².